The minimum absolute atomic E-state index is 0.0768. The van der Waals surface area contributed by atoms with E-state index < -0.39 is 18.2 Å². The Bertz CT molecular complexity index is 578. The van der Waals surface area contributed by atoms with Crippen LogP contribution in [0.15, 0.2) is 18.2 Å². The highest BCUT2D eigenvalue weighted by Gasteiger charge is 2.37. The standard InChI is InChI=1S/C16H21NO6/c1-2-17(11-8-21-9-12(18)15(11)19)16(20)10-3-4-13-14(7-10)23-6-5-22-13/h3-4,7,11-12,15,18-19H,2,5-6,8-9H2,1H3/t11-,12-,15+/m1/s1. The van der Waals surface area contributed by atoms with Crippen LogP contribution in [0.3, 0.4) is 0 Å². The van der Waals surface area contributed by atoms with E-state index in [2.05, 4.69) is 0 Å². The van der Waals surface area contributed by atoms with Crippen LogP contribution in [-0.2, 0) is 4.74 Å². The normalized spacial score (nSPS) is 26.7. The molecule has 126 valence electrons. The first-order valence-corrected chi connectivity index (χ1v) is 7.76. The van der Waals surface area contributed by atoms with Gasteiger partial charge in [-0.25, -0.2) is 0 Å². The number of carbonyl (C=O) groups is 1. The molecule has 7 nitrogen and oxygen atoms in total. The molecule has 23 heavy (non-hydrogen) atoms. The summed E-state index contributed by atoms with van der Waals surface area (Å²) in [6.45, 7) is 3.43. The summed E-state index contributed by atoms with van der Waals surface area (Å²) < 4.78 is 16.2. The van der Waals surface area contributed by atoms with E-state index in [0.717, 1.165) is 0 Å². The number of hydrogen-bond donors (Lipinski definition) is 2. The number of benzene rings is 1. The Morgan fingerprint density at radius 1 is 1.22 bits per heavy atom. The largest absolute Gasteiger partial charge is 0.486 e. The number of rotatable bonds is 3. The molecule has 1 saturated heterocycles. The smallest absolute Gasteiger partial charge is 0.254 e. The molecule has 3 rings (SSSR count). The summed E-state index contributed by atoms with van der Waals surface area (Å²) in [4.78, 5) is 14.3. The predicted molar refractivity (Wildman–Crippen MR) is 80.8 cm³/mol. The lowest BCUT2D eigenvalue weighted by Gasteiger charge is -2.39. The van der Waals surface area contributed by atoms with Gasteiger partial charge in [0.25, 0.3) is 5.91 Å². The molecular formula is C16H21NO6. The molecular weight excluding hydrogens is 302 g/mol. The quantitative estimate of drug-likeness (QED) is 0.817. The third kappa shape index (κ3) is 3.12. The summed E-state index contributed by atoms with van der Waals surface area (Å²) >= 11 is 0. The number of aliphatic hydroxyl groups excluding tert-OH is 2. The van der Waals surface area contributed by atoms with Crippen LogP contribution in [0.4, 0.5) is 0 Å². The molecule has 1 fully saturated rings. The first-order valence-electron chi connectivity index (χ1n) is 7.76. The van der Waals surface area contributed by atoms with Crippen molar-refractivity contribution in [3.8, 4) is 11.5 Å². The van der Waals surface area contributed by atoms with Crippen molar-refractivity contribution in [3.05, 3.63) is 23.8 Å². The van der Waals surface area contributed by atoms with Gasteiger partial charge in [-0.2, -0.15) is 0 Å². The number of likely N-dealkylation sites (N-methyl/N-ethyl adjacent to an activating group) is 1. The molecule has 0 radical (unpaired) electrons. The summed E-state index contributed by atoms with van der Waals surface area (Å²) in [7, 11) is 0. The Kier molecular flexibility index (Phi) is 4.70. The van der Waals surface area contributed by atoms with Gasteiger partial charge >= 0.3 is 0 Å². The highest BCUT2D eigenvalue weighted by atomic mass is 16.6. The van der Waals surface area contributed by atoms with Gasteiger partial charge in [0, 0.05) is 12.1 Å². The predicted octanol–water partition coefficient (Wildman–Crippen LogP) is 0.0405. The lowest BCUT2D eigenvalue weighted by Crippen LogP contribution is -2.57. The van der Waals surface area contributed by atoms with Crippen LogP contribution in [0, 0.1) is 0 Å². The minimum Gasteiger partial charge on any atom is -0.486 e. The van der Waals surface area contributed by atoms with Crippen molar-refractivity contribution >= 4 is 5.91 Å². The van der Waals surface area contributed by atoms with Gasteiger partial charge in [-0.1, -0.05) is 0 Å². The second kappa shape index (κ2) is 6.74. The molecule has 1 aromatic carbocycles. The van der Waals surface area contributed by atoms with Gasteiger partial charge in [0.05, 0.1) is 19.3 Å². The van der Waals surface area contributed by atoms with Crippen LogP contribution in [0.1, 0.15) is 17.3 Å². The second-order valence-electron chi connectivity index (χ2n) is 5.61. The highest BCUT2D eigenvalue weighted by molar-refractivity contribution is 5.95. The average Bonchev–Trinajstić information content (AvgIpc) is 2.58. The number of fused-ring (bicyclic) bond motifs is 1. The first kappa shape index (κ1) is 16.0. The van der Waals surface area contributed by atoms with Gasteiger partial charge in [0.2, 0.25) is 0 Å². The fourth-order valence-electron chi connectivity index (χ4n) is 2.91. The molecule has 1 amide bonds. The number of ether oxygens (including phenoxy) is 3. The number of aliphatic hydroxyl groups is 2. The summed E-state index contributed by atoms with van der Waals surface area (Å²) in [6.07, 6.45) is -2.01. The van der Waals surface area contributed by atoms with Gasteiger partial charge in [0.15, 0.2) is 11.5 Å². The number of hydrogen-bond acceptors (Lipinski definition) is 6. The van der Waals surface area contributed by atoms with Gasteiger partial charge in [-0.3, -0.25) is 4.79 Å². The molecule has 0 aliphatic carbocycles. The van der Waals surface area contributed by atoms with Crippen LogP contribution in [0.2, 0.25) is 0 Å². The molecule has 0 bridgehead atoms. The Balaban J connectivity index is 1.82. The van der Waals surface area contributed by atoms with Crippen LogP contribution >= 0.6 is 0 Å². The molecule has 1 aromatic rings. The lowest BCUT2D eigenvalue weighted by molar-refractivity contribution is -0.125. The van der Waals surface area contributed by atoms with Crippen LogP contribution in [-0.4, -0.2) is 72.2 Å². The zero-order valence-corrected chi connectivity index (χ0v) is 13.0. The van der Waals surface area contributed by atoms with E-state index in [-0.39, 0.29) is 19.1 Å². The summed E-state index contributed by atoms with van der Waals surface area (Å²) in [6, 6.07) is 4.44. The molecule has 0 saturated carbocycles. The van der Waals surface area contributed by atoms with Gasteiger partial charge < -0.3 is 29.3 Å². The molecule has 7 heteroatoms. The van der Waals surface area contributed by atoms with Crippen LogP contribution < -0.4 is 9.47 Å². The van der Waals surface area contributed by atoms with Gasteiger partial charge in [0.1, 0.15) is 25.4 Å². The molecule has 2 N–H and O–H groups in total. The highest BCUT2D eigenvalue weighted by Crippen LogP contribution is 2.31. The van der Waals surface area contributed by atoms with E-state index in [9.17, 15) is 15.0 Å². The van der Waals surface area contributed by atoms with E-state index in [1.165, 1.54) is 4.90 Å². The Morgan fingerprint density at radius 3 is 2.70 bits per heavy atom. The topological polar surface area (TPSA) is 88.5 Å². The fourth-order valence-corrected chi connectivity index (χ4v) is 2.91. The third-order valence-corrected chi connectivity index (χ3v) is 4.16. The Morgan fingerprint density at radius 2 is 1.96 bits per heavy atom. The van der Waals surface area contributed by atoms with Gasteiger partial charge in [-0.05, 0) is 25.1 Å². The lowest BCUT2D eigenvalue weighted by atomic mass is 10.0. The van der Waals surface area contributed by atoms with Crippen molar-refractivity contribution in [1.29, 1.82) is 0 Å². The van der Waals surface area contributed by atoms with Crippen LogP contribution in [0.25, 0.3) is 0 Å². The molecule has 0 aromatic heterocycles. The molecule has 2 aliphatic heterocycles. The fraction of sp³-hybridized carbons (Fsp3) is 0.562. The zero-order chi connectivity index (χ0) is 16.4. The first-order chi connectivity index (χ1) is 11.1. The van der Waals surface area contributed by atoms with Crippen molar-refractivity contribution < 1.29 is 29.2 Å². The Labute approximate surface area is 134 Å². The van der Waals surface area contributed by atoms with Crippen molar-refractivity contribution in [1.82, 2.24) is 4.90 Å². The maximum Gasteiger partial charge on any atom is 0.254 e. The number of amides is 1. The Hall–Kier alpha value is -1.83. The molecule has 2 aliphatic rings. The van der Waals surface area contributed by atoms with E-state index in [1.807, 2.05) is 6.92 Å². The average molecular weight is 323 g/mol. The summed E-state index contributed by atoms with van der Waals surface area (Å²) in [5.74, 6) is 0.914. The summed E-state index contributed by atoms with van der Waals surface area (Å²) in [5.41, 5.74) is 0.448. The van der Waals surface area contributed by atoms with Gasteiger partial charge in [-0.15, -0.1) is 0 Å². The minimum atomic E-state index is -1.02. The third-order valence-electron chi connectivity index (χ3n) is 4.16. The molecule has 2 heterocycles. The van der Waals surface area contributed by atoms with E-state index in [0.29, 0.717) is 36.8 Å². The summed E-state index contributed by atoms with van der Waals surface area (Å²) in [5, 5.41) is 19.9. The van der Waals surface area contributed by atoms with Crippen LogP contribution in [0.5, 0.6) is 11.5 Å². The van der Waals surface area contributed by atoms with Crippen molar-refractivity contribution in [2.75, 3.05) is 33.0 Å². The van der Waals surface area contributed by atoms with E-state index in [1.54, 1.807) is 18.2 Å². The maximum absolute atomic E-state index is 12.8. The van der Waals surface area contributed by atoms with E-state index in [4.69, 9.17) is 14.2 Å². The van der Waals surface area contributed by atoms with Crippen molar-refractivity contribution in [2.45, 2.75) is 25.2 Å². The monoisotopic (exact) mass is 323 g/mol. The van der Waals surface area contributed by atoms with E-state index >= 15 is 0 Å². The molecule has 0 spiro atoms. The SMILES string of the molecule is CCN(C(=O)c1ccc2c(c1)OCCO2)[C@@H]1COC[C@@H](O)[C@H]1O. The second-order valence-corrected chi connectivity index (χ2v) is 5.61. The van der Waals surface area contributed by atoms with Crippen molar-refractivity contribution in [2.24, 2.45) is 0 Å². The molecule has 3 atom stereocenters. The zero-order valence-electron chi connectivity index (χ0n) is 13.0. The molecule has 0 unspecified atom stereocenters. The van der Waals surface area contributed by atoms with Crippen molar-refractivity contribution in [3.63, 3.8) is 0 Å². The number of carbonyl (C=O) groups excluding carboxylic acids is 1. The maximum atomic E-state index is 12.8. The number of nitrogens with zero attached hydrogens (tertiary/aromatic N) is 1.